The summed E-state index contributed by atoms with van der Waals surface area (Å²) in [4.78, 5) is 13.5. The maximum absolute atomic E-state index is 16.0. The molecular formula is C36H39F3N6O2Si. The van der Waals surface area contributed by atoms with E-state index in [1.807, 2.05) is 43.6 Å². The molecule has 12 heteroatoms. The van der Waals surface area contributed by atoms with Crippen LogP contribution in [0.2, 0.25) is 10.1 Å². The molecule has 0 saturated heterocycles. The van der Waals surface area contributed by atoms with Crippen LogP contribution in [0, 0.1) is 5.82 Å². The van der Waals surface area contributed by atoms with Crippen molar-refractivity contribution in [1.29, 1.82) is 0 Å². The molecular weight excluding hydrogens is 634 g/mol. The van der Waals surface area contributed by atoms with Crippen LogP contribution in [0.4, 0.5) is 13.2 Å². The van der Waals surface area contributed by atoms with Crippen LogP contribution in [0.5, 0.6) is 0 Å². The first-order chi connectivity index (χ1) is 22.6. The SMILES string of the molecule is Cn1cnc(-c2cc3cnc(-c4cn(CC(F)(F)CO[Si](c5ccccc5)(C(C)(C)C)C(C)(C)C)nc4-c4ccc(F)cc4)nc3o2)c1. The molecule has 0 atom stereocenters. The molecule has 2 aromatic carbocycles. The van der Waals surface area contributed by atoms with Crippen LogP contribution in [-0.4, -0.2) is 50.1 Å². The van der Waals surface area contributed by atoms with Gasteiger partial charge in [-0.1, -0.05) is 71.9 Å². The lowest BCUT2D eigenvalue weighted by Crippen LogP contribution is -2.64. The Morgan fingerprint density at radius 2 is 1.58 bits per heavy atom. The average Bonchev–Trinajstić information content (AvgIpc) is 3.74. The number of aromatic nitrogens is 6. The van der Waals surface area contributed by atoms with Gasteiger partial charge >= 0.3 is 0 Å². The molecule has 48 heavy (non-hydrogen) atoms. The summed E-state index contributed by atoms with van der Waals surface area (Å²) in [7, 11) is -1.19. The van der Waals surface area contributed by atoms with E-state index >= 15 is 8.78 Å². The zero-order valence-electron chi connectivity index (χ0n) is 28.1. The fourth-order valence-electron chi connectivity index (χ4n) is 6.79. The molecule has 0 aliphatic heterocycles. The summed E-state index contributed by atoms with van der Waals surface area (Å²) in [6.07, 6.45) is 6.59. The number of aryl methyl sites for hydroxylation is 1. The fraction of sp³-hybridized carbons (Fsp3) is 0.333. The topological polar surface area (TPSA) is 83.8 Å². The Bertz CT molecular complexity index is 2030. The quantitative estimate of drug-likeness (QED) is 0.144. The van der Waals surface area contributed by atoms with Gasteiger partial charge in [0.1, 0.15) is 30.4 Å². The number of halogens is 3. The molecule has 0 N–H and O–H groups in total. The van der Waals surface area contributed by atoms with Crippen molar-refractivity contribution in [3.8, 4) is 34.1 Å². The monoisotopic (exact) mass is 672 g/mol. The highest BCUT2D eigenvalue weighted by Crippen LogP contribution is 2.51. The van der Waals surface area contributed by atoms with E-state index in [2.05, 4.69) is 61.6 Å². The number of nitrogens with zero attached hydrogens (tertiary/aromatic N) is 6. The van der Waals surface area contributed by atoms with Crippen molar-refractivity contribution in [3.05, 3.63) is 91.4 Å². The molecule has 6 rings (SSSR count). The Hall–Kier alpha value is -4.55. The van der Waals surface area contributed by atoms with Gasteiger partial charge in [0.25, 0.3) is 5.92 Å². The van der Waals surface area contributed by atoms with Gasteiger partial charge in [-0.2, -0.15) is 10.1 Å². The molecule has 0 spiro atoms. The molecule has 0 aliphatic carbocycles. The van der Waals surface area contributed by atoms with Crippen molar-refractivity contribution in [2.75, 3.05) is 6.61 Å². The van der Waals surface area contributed by atoms with Gasteiger partial charge in [0, 0.05) is 31.2 Å². The second kappa shape index (κ2) is 12.2. The summed E-state index contributed by atoms with van der Waals surface area (Å²) in [5.41, 5.74) is 2.20. The first-order valence-corrected chi connectivity index (χ1v) is 17.6. The number of benzene rings is 2. The smallest absolute Gasteiger partial charge is 0.288 e. The van der Waals surface area contributed by atoms with Crippen molar-refractivity contribution < 1.29 is 22.0 Å². The molecule has 0 bridgehead atoms. The average molecular weight is 673 g/mol. The van der Waals surface area contributed by atoms with Gasteiger partial charge in [0.05, 0.1) is 17.3 Å². The van der Waals surface area contributed by atoms with Crippen LogP contribution in [0.15, 0.2) is 90.0 Å². The zero-order chi connectivity index (χ0) is 34.5. The second-order valence-electron chi connectivity index (χ2n) is 14.3. The van der Waals surface area contributed by atoms with Gasteiger partial charge < -0.3 is 13.4 Å². The largest absolute Gasteiger partial charge is 0.436 e. The third kappa shape index (κ3) is 6.34. The van der Waals surface area contributed by atoms with Gasteiger partial charge in [0.15, 0.2) is 11.6 Å². The summed E-state index contributed by atoms with van der Waals surface area (Å²) in [6, 6.07) is 17.2. The molecule has 6 aromatic rings. The van der Waals surface area contributed by atoms with Crippen LogP contribution in [-0.2, 0) is 18.0 Å². The Morgan fingerprint density at radius 3 is 2.21 bits per heavy atom. The molecule has 0 unspecified atom stereocenters. The van der Waals surface area contributed by atoms with Crippen LogP contribution in [0.1, 0.15) is 41.5 Å². The maximum Gasteiger partial charge on any atom is 0.288 e. The minimum absolute atomic E-state index is 0.227. The minimum atomic E-state index is -3.28. The van der Waals surface area contributed by atoms with Crippen molar-refractivity contribution in [2.24, 2.45) is 7.05 Å². The summed E-state index contributed by atoms with van der Waals surface area (Å²) in [5, 5.41) is 5.39. The second-order valence-corrected chi connectivity index (χ2v) is 19.5. The Balaban J connectivity index is 1.35. The van der Waals surface area contributed by atoms with Crippen molar-refractivity contribution >= 4 is 24.6 Å². The number of alkyl halides is 2. The van der Waals surface area contributed by atoms with Gasteiger partial charge in [-0.3, -0.25) is 4.68 Å². The predicted molar refractivity (Wildman–Crippen MR) is 183 cm³/mol. The lowest BCUT2D eigenvalue weighted by Gasteiger charge is -2.51. The molecule has 4 heterocycles. The third-order valence-electron chi connectivity index (χ3n) is 8.54. The highest BCUT2D eigenvalue weighted by Gasteiger charge is 2.57. The van der Waals surface area contributed by atoms with Crippen LogP contribution in [0.25, 0.3) is 45.2 Å². The number of furan rings is 1. The molecule has 0 saturated carbocycles. The molecule has 250 valence electrons. The summed E-state index contributed by atoms with van der Waals surface area (Å²) in [5.74, 6) is -2.96. The normalized spacial score (nSPS) is 13.0. The number of hydrogen-bond donors (Lipinski definition) is 0. The van der Waals surface area contributed by atoms with Crippen LogP contribution < -0.4 is 5.19 Å². The van der Waals surface area contributed by atoms with Gasteiger partial charge in [-0.15, -0.1) is 0 Å². The van der Waals surface area contributed by atoms with Crippen LogP contribution in [0.3, 0.4) is 0 Å². The number of hydrogen-bond acceptors (Lipinski definition) is 6. The summed E-state index contributed by atoms with van der Waals surface area (Å²) >= 11 is 0. The van der Waals surface area contributed by atoms with E-state index in [0.717, 1.165) is 5.19 Å². The zero-order valence-corrected chi connectivity index (χ0v) is 29.1. The van der Waals surface area contributed by atoms with Crippen molar-refractivity contribution in [1.82, 2.24) is 29.3 Å². The highest BCUT2D eigenvalue weighted by atomic mass is 28.4. The van der Waals surface area contributed by atoms with E-state index < -0.39 is 43.3 Å². The predicted octanol–water partition coefficient (Wildman–Crippen LogP) is 8.40. The number of rotatable bonds is 9. The van der Waals surface area contributed by atoms with E-state index in [-0.39, 0.29) is 5.82 Å². The highest BCUT2D eigenvalue weighted by molar-refractivity contribution is 6.91. The fourth-order valence-corrected chi connectivity index (χ4v) is 12.9. The van der Waals surface area contributed by atoms with Gasteiger partial charge in [-0.05, 0) is 45.6 Å². The van der Waals surface area contributed by atoms with E-state index in [4.69, 9.17) is 8.84 Å². The molecule has 0 amide bonds. The van der Waals surface area contributed by atoms with Crippen molar-refractivity contribution in [2.45, 2.75) is 64.1 Å². The maximum atomic E-state index is 16.0. The molecule has 0 radical (unpaired) electrons. The van der Waals surface area contributed by atoms with Gasteiger partial charge in [0.2, 0.25) is 14.0 Å². The molecule has 8 nitrogen and oxygen atoms in total. The van der Waals surface area contributed by atoms with Crippen LogP contribution >= 0.6 is 0 Å². The Morgan fingerprint density at radius 1 is 0.896 bits per heavy atom. The summed E-state index contributed by atoms with van der Waals surface area (Å²) in [6.45, 7) is 10.9. The number of fused-ring (bicyclic) bond motifs is 1. The van der Waals surface area contributed by atoms with E-state index in [1.165, 1.54) is 23.0 Å². The lowest BCUT2D eigenvalue weighted by molar-refractivity contribution is -0.0617. The first kappa shape index (κ1) is 33.4. The van der Waals surface area contributed by atoms with E-state index in [0.29, 0.717) is 39.4 Å². The molecule has 0 aliphatic rings. The molecule has 0 fully saturated rings. The Labute approximate surface area is 278 Å². The standard InChI is InChI=1S/C36H39F3N6O2Si/c1-34(2,3)48(35(4,5)6,27-11-9-8-10-12-27)46-22-36(38,39)21-45-19-28(31(43-45)24-13-15-26(37)16-14-24)32-40-18-25-17-30(47-33(25)42-32)29-20-44(7)23-41-29/h8-20,23H,21-22H2,1-7H3. The summed E-state index contributed by atoms with van der Waals surface area (Å²) < 4.78 is 61.5. The minimum Gasteiger partial charge on any atom is -0.436 e. The van der Waals surface area contributed by atoms with Gasteiger partial charge in [-0.25, -0.2) is 23.1 Å². The van der Waals surface area contributed by atoms with Crippen molar-refractivity contribution in [3.63, 3.8) is 0 Å². The first-order valence-electron chi connectivity index (χ1n) is 15.7. The lowest BCUT2D eigenvalue weighted by atomic mass is 10.1. The Kier molecular flexibility index (Phi) is 8.45. The third-order valence-corrected chi connectivity index (χ3v) is 14.5. The molecule has 4 aromatic heterocycles. The van der Waals surface area contributed by atoms with E-state index in [9.17, 15) is 4.39 Å². The number of imidazole rings is 1. The van der Waals surface area contributed by atoms with E-state index in [1.54, 1.807) is 35.3 Å².